The van der Waals surface area contributed by atoms with Crippen LogP contribution in [0.5, 0.6) is 5.75 Å². The average Bonchev–Trinajstić information content (AvgIpc) is 2.84. The number of anilines is 1. The minimum Gasteiger partial charge on any atom is -0.494 e. The first-order chi connectivity index (χ1) is 16.3. The monoisotopic (exact) mass is 497 g/mol. The van der Waals surface area contributed by atoms with E-state index in [1.54, 1.807) is 48.2 Å². The van der Waals surface area contributed by atoms with E-state index in [1.807, 2.05) is 44.4 Å². The number of carbonyl (C=O) groups excluding carboxylic acids is 1. The Morgan fingerprint density at radius 3 is 2.26 bits per heavy atom. The van der Waals surface area contributed by atoms with Gasteiger partial charge in [0, 0.05) is 4.90 Å². The zero-order chi connectivity index (χ0) is 24.6. The van der Waals surface area contributed by atoms with E-state index in [0.29, 0.717) is 18.0 Å². The first kappa shape index (κ1) is 25.3. The van der Waals surface area contributed by atoms with Crippen LogP contribution in [0.4, 0.5) is 5.69 Å². The summed E-state index contributed by atoms with van der Waals surface area (Å²) in [5.41, 5.74) is 4.59. The highest BCUT2D eigenvalue weighted by atomic mass is 32.2. The number of carbonyl (C=O) groups is 1. The molecule has 3 aromatic rings. The lowest BCUT2D eigenvalue weighted by atomic mass is 10.2. The standard InChI is InChI=1S/C25H27N3O4S2/c1-4-32-22-11-15-24(16-12-22)34(30,31)28(21-9-5-19(2)6-10-21)18-25(29)27-26-17-20-7-13-23(33-3)14-8-20/h5-17H,4,18H2,1-3H3,(H,27,29)/b26-17-. The summed E-state index contributed by atoms with van der Waals surface area (Å²) in [6, 6.07) is 20.7. The summed E-state index contributed by atoms with van der Waals surface area (Å²) < 4.78 is 33.4. The van der Waals surface area contributed by atoms with E-state index in [9.17, 15) is 13.2 Å². The van der Waals surface area contributed by atoms with Crippen LogP contribution in [0.3, 0.4) is 0 Å². The number of aryl methyl sites for hydroxylation is 1. The molecule has 0 aromatic heterocycles. The Kier molecular flexibility index (Phi) is 8.72. The van der Waals surface area contributed by atoms with Crippen LogP contribution >= 0.6 is 11.8 Å². The van der Waals surface area contributed by atoms with Crippen LogP contribution in [0.25, 0.3) is 0 Å². The molecule has 0 radical (unpaired) electrons. The molecule has 0 fully saturated rings. The molecule has 0 saturated carbocycles. The van der Waals surface area contributed by atoms with E-state index in [4.69, 9.17) is 4.74 Å². The Balaban J connectivity index is 1.80. The number of hydrazone groups is 1. The van der Waals surface area contributed by atoms with Crippen molar-refractivity contribution >= 4 is 39.6 Å². The molecule has 1 amide bonds. The number of nitrogens with zero attached hydrogens (tertiary/aromatic N) is 2. The third-order valence-corrected chi connectivity index (χ3v) is 7.38. The molecule has 3 aromatic carbocycles. The van der Waals surface area contributed by atoms with Gasteiger partial charge in [0.25, 0.3) is 15.9 Å². The maximum Gasteiger partial charge on any atom is 0.264 e. The van der Waals surface area contributed by atoms with Crippen molar-refractivity contribution in [1.29, 1.82) is 0 Å². The van der Waals surface area contributed by atoms with Crippen LogP contribution in [-0.4, -0.2) is 39.9 Å². The maximum atomic E-state index is 13.4. The Morgan fingerprint density at radius 2 is 1.68 bits per heavy atom. The molecule has 1 N–H and O–H groups in total. The van der Waals surface area contributed by atoms with E-state index < -0.39 is 22.5 Å². The van der Waals surface area contributed by atoms with Crippen molar-refractivity contribution in [3.05, 3.63) is 83.9 Å². The van der Waals surface area contributed by atoms with Gasteiger partial charge in [0.15, 0.2) is 0 Å². The highest BCUT2D eigenvalue weighted by Crippen LogP contribution is 2.25. The van der Waals surface area contributed by atoms with Crippen molar-refractivity contribution in [2.45, 2.75) is 23.6 Å². The number of amides is 1. The lowest BCUT2D eigenvalue weighted by molar-refractivity contribution is -0.119. The lowest BCUT2D eigenvalue weighted by Crippen LogP contribution is -2.39. The first-order valence-electron chi connectivity index (χ1n) is 10.6. The summed E-state index contributed by atoms with van der Waals surface area (Å²) in [6.45, 7) is 3.80. The van der Waals surface area contributed by atoms with Crippen LogP contribution in [0.15, 0.2) is 87.7 Å². The molecule has 0 heterocycles. The lowest BCUT2D eigenvalue weighted by Gasteiger charge is -2.24. The average molecular weight is 498 g/mol. The van der Waals surface area contributed by atoms with Crippen LogP contribution in [0, 0.1) is 6.92 Å². The van der Waals surface area contributed by atoms with Gasteiger partial charge in [-0.15, -0.1) is 11.8 Å². The summed E-state index contributed by atoms with van der Waals surface area (Å²) in [7, 11) is -4.02. The molecular weight excluding hydrogens is 470 g/mol. The van der Waals surface area contributed by atoms with Crippen LogP contribution in [0.2, 0.25) is 0 Å². The predicted octanol–water partition coefficient (Wildman–Crippen LogP) is 4.46. The molecular formula is C25H27N3O4S2. The predicted molar refractivity (Wildman–Crippen MR) is 137 cm³/mol. The Bertz CT molecular complexity index is 1220. The Morgan fingerprint density at radius 1 is 1.03 bits per heavy atom. The highest BCUT2D eigenvalue weighted by molar-refractivity contribution is 7.98. The van der Waals surface area contributed by atoms with Gasteiger partial charge in [0.2, 0.25) is 0 Å². The summed E-state index contributed by atoms with van der Waals surface area (Å²) in [5.74, 6) is 0.00745. The van der Waals surface area contributed by atoms with Crippen LogP contribution in [-0.2, 0) is 14.8 Å². The number of thioether (sulfide) groups is 1. The minimum atomic E-state index is -4.02. The summed E-state index contributed by atoms with van der Waals surface area (Å²) in [6.07, 6.45) is 3.50. The SMILES string of the molecule is CCOc1ccc(S(=O)(=O)N(CC(=O)N/N=C\c2ccc(SC)cc2)c2ccc(C)cc2)cc1. The quantitative estimate of drug-likeness (QED) is 0.254. The molecule has 0 aliphatic rings. The first-order valence-corrected chi connectivity index (χ1v) is 13.3. The van der Waals surface area contributed by atoms with Crippen molar-refractivity contribution in [2.75, 3.05) is 23.7 Å². The normalized spacial score (nSPS) is 11.4. The fourth-order valence-corrected chi connectivity index (χ4v) is 4.89. The van der Waals surface area contributed by atoms with Crippen molar-refractivity contribution in [3.63, 3.8) is 0 Å². The molecule has 0 spiro atoms. The largest absolute Gasteiger partial charge is 0.494 e. The Hall–Kier alpha value is -3.30. The topological polar surface area (TPSA) is 88.1 Å². The molecule has 3 rings (SSSR count). The highest BCUT2D eigenvalue weighted by Gasteiger charge is 2.27. The second kappa shape index (κ2) is 11.7. The van der Waals surface area contributed by atoms with Gasteiger partial charge in [0.05, 0.1) is 23.4 Å². The third-order valence-electron chi connectivity index (χ3n) is 4.85. The van der Waals surface area contributed by atoms with Crippen LogP contribution in [0.1, 0.15) is 18.1 Å². The zero-order valence-electron chi connectivity index (χ0n) is 19.3. The van der Waals surface area contributed by atoms with Gasteiger partial charge in [-0.3, -0.25) is 9.10 Å². The van der Waals surface area contributed by atoms with Gasteiger partial charge < -0.3 is 4.74 Å². The molecule has 7 nitrogen and oxygen atoms in total. The van der Waals surface area contributed by atoms with E-state index >= 15 is 0 Å². The molecule has 0 atom stereocenters. The second-order valence-corrected chi connectivity index (χ2v) is 10.1. The van der Waals surface area contributed by atoms with E-state index in [0.717, 1.165) is 20.3 Å². The molecule has 34 heavy (non-hydrogen) atoms. The fraction of sp³-hybridized carbons (Fsp3) is 0.200. The number of nitrogens with one attached hydrogen (secondary N) is 1. The van der Waals surface area contributed by atoms with Crippen molar-refractivity contribution in [1.82, 2.24) is 5.43 Å². The second-order valence-electron chi connectivity index (χ2n) is 7.32. The fourth-order valence-electron chi connectivity index (χ4n) is 3.06. The van der Waals surface area contributed by atoms with Gasteiger partial charge >= 0.3 is 0 Å². The van der Waals surface area contributed by atoms with E-state index in [2.05, 4.69) is 10.5 Å². The van der Waals surface area contributed by atoms with Crippen molar-refractivity contribution in [2.24, 2.45) is 5.10 Å². The number of benzene rings is 3. The molecule has 0 saturated heterocycles. The molecule has 9 heteroatoms. The van der Waals surface area contributed by atoms with Gasteiger partial charge in [-0.2, -0.15) is 5.10 Å². The smallest absolute Gasteiger partial charge is 0.264 e. The maximum absolute atomic E-state index is 13.4. The zero-order valence-corrected chi connectivity index (χ0v) is 20.9. The number of ether oxygens (including phenoxy) is 1. The molecule has 0 bridgehead atoms. The van der Waals surface area contributed by atoms with Crippen molar-refractivity contribution < 1.29 is 17.9 Å². The summed E-state index contributed by atoms with van der Waals surface area (Å²) in [4.78, 5) is 13.8. The molecule has 0 unspecified atom stereocenters. The van der Waals surface area contributed by atoms with Crippen molar-refractivity contribution in [3.8, 4) is 5.75 Å². The number of hydrogen-bond acceptors (Lipinski definition) is 6. The molecule has 178 valence electrons. The van der Waals surface area contributed by atoms with Gasteiger partial charge in [-0.05, 0) is 74.2 Å². The summed E-state index contributed by atoms with van der Waals surface area (Å²) >= 11 is 1.63. The van der Waals surface area contributed by atoms with Crippen LogP contribution < -0.4 is 14.5 Å². The molecule has 0 aliphatic heterocycles. The third kappa shape index (κ3) is 6.61. The van der Waals surface area contributed by atoms with E-state index in [1.165, 1.54) is 18.3 Å². The number of rotatable bonds is 10. The number of hydrogen-bond donors (Lipinski definition) is 1. The van der Waals surface area contributed by atoms with Gasteiger partial charge in [-0.25, -0.2) is 13.8 Å². The minimum absolute atomic E-state index is 0.0571. The summed E-state index contributed by atoms with van der Waals surface area (Å²) in [5, 5.41) is 3.98. The molecule has 0 aliphatic carbocycles. The van der Waals surface area contributed by atoms with Gasteiger partial charge in [-0.1, -0.05) is 29.8 Å². The van der Waals surface area contributed by atoms with Gasteiger partial charge in [0.1, 0.15) is 12.3 Å². The van der Waals surface area contributed by atoms with E-state index in [-0.39, 0.29) is 4.90 Å². The number of sulfonamides is 1. The Labute approximate surface area is 204 Å².